The molecule has 0 spiro atoms. The first-order chi connectivity index (χ1) is 9.99. The van der Waals surface area contributed by atoms with E-state index in [1.165, 1.54) is 12.1 Å². The molecule has 1 aliphatic rings. The van der Waals surface area contributed by atoms with E-state index < -0.39 is 15.8 Å². The molecule has 1 aromatic rings. The van der Waals surface area contributed by atoms with Crippen molar-refractivity contribution >= 4 is 26.0 Å². The van der Waals surface area contributed by atoms with Crippen molar-refractivity contribution in [1.82, 2.24) is 10.0 Å². The Morgan fingerprint density at radius 3 is 2.76 bits per heavy atom. The van der Waals surface area contributed by atoms with Crippen molar-refractivity contribution in [3.8, 4) is 0 Å². The average molecular weight is 381 g/mol. The van der Waals surface area contributed by atoms with Gasteiger partial charge in [-0.3, -0.25) is 0 Å². The van der Waals surface area contributed by atoms with E-state index in [1.54, 1.807) is 0 Å². The zero-order valence-electron chi connectivity index (χ0n) is 11.4. The third kappa shape index (κ3) is 5.00. The van der Waals surface area contributed by atoms with Crippen molar-refractivity contribution < 1.29 is 17.5 Å². The van der Waals surface area contributed by atoms with Gasteiger partial charge in [0.1, 0.15) is 10.7 Å². The van der Waals surface area contributed by atoms with Gasteiger partial charge in [-0.05, 0) is 44.1 Å². The number of halogens is 2. The molecule has 2 rings (SSSR count). The van der Waals surface area contributed by atoms with Gasteiger partial charge in [-0.15, -0.1) is 0 Å². The molecular weight excluding hydrogens is 363 g/mol. The Balaban J connectivity index is 1.83. The molecule has 0 amide bonds. The van der Waals surface area contributed by atoms with Gasteiger partial charge in [0.2, 0.25) is 10.0 Å². The molecule has 0 aromatic heterocycles. The maximum Gasteiger partial charge on any atom is 0.243 e. The second kappa shape index (κ2) is 7.64. The highest BCUT2D eigenvalue weighted by atomic mass is 79.9. The van der Waals surface area contributed by atoms with Crippen molar-refractivity contribution in [3.05, 3.63) is 28.5 Å². The number of rotatable bonds is 6. The minimum Gasteiger partial charge on any atom is -0.377 e. The van der Waals surface area contributed by atoms with E-state index in [2.05, 4.69) is 26.0 Å². The van der Waals surface area contributed by atoms with Crippen LogP contribution in [0.5, 0.6) is 0 Å². The SMILES string of the molecule is O=S(=O)(NCCOC1CCNCC1)c1ccc(Br)cc1F. The third-order valence-corrected chi connectivity index (χ3v) is 5.20. The number of hydrogen-bond donors (Lipinski definition) is 2. The van der Waals surface area contributed by atoms with Gasteiger partial charge in [-0.1, -0.05) is 15.9 Å². The van der Waals surface area contributed by atoms with Crippen LogP contribution in [0.3, 0.4) is 0 Å². The first-order valence-corrected chi connectivity index (χ1v) is 9.04. The number of benzene rings is 1. The summed E-state index contributed by atoms with van der Waals surface area (Å²) in [4.78, 5) is -0.354. The van der Waals surface area contributed by atoms with Crippen LogP contribution in [0.4, 0.5) is 4.39 Å². The van der Waals surface area contributed by atoms with E-state index in [9.17, 15) is 12.8 Å². The van der Waals surface area contributed by atoms with Gasteiger partial charge in [0.15, 0.2) is 0 Å². The molecule has 1 fully saturated rings. The van der Waals surface area contributed by atoms with Crippen LogP contribution in [0, 0.1) is 5.82 Å². The van der Waals surface area contributed by atoms with Crippen LogP contribution in [-0.2, 0) is 14.8 Å². The van der Waals surface area contributed by atoms with Crippen LogP contribution in [0.2, 0.25) is 0 Å². The Hall–Kier alpha value is -0.540. The fraction of sp³-hybridized carbons (Fsp3) is 0.538. The second-order valence-electron chi connectivity index (χ2n) is 4.79. The van der Waals surface area contributed by atoms with Gasteiger partial charge in [-0.25, -0.2) is 17.5 Å². The highest BCUT2D eigenvalue weighted by Gasteiger charge is 2.19. The smallest absolute Gasteiger partial charge is 0.243 e. The zero-order valence-corrected chi connectivity index (χ0v) is 13.8. The van der Waals surface area contributed by atoms with Crippen molar-refractivity contribution in [2.24, 2.45) is 0 Å². The highest BCUT2D eigenvalue weighted by molar-refractivity contribution is 9.10. The number of piperidine rings is 1. The Morgan fingerprint density at radius 1 is 1.38 bits per heavy atom. The summed E-state index contributed by atoms with van der Waals surface area (Å²) >= 11 is 3.09. The highest BCUT2D eigenvalue weighted by Crippen LogP contribution is 2.19. The Kier molecular flexibility index (Phi) is 6.12. The summed E-state index contributed by atoms with van der Waals surface area (Å²) in [7, 11) is -3.85. The summed E-state index contributed by atoms with van der Waals surface area (Å²) in [5.74, 6) is -0.781. The molecule has 2 N–H and O–H groups in total. The lowest BCUT2D eigenvalue weighted by molar-refractivity contribution is 0.0366. The maximum atomic E-state index is 13.7. The molecule has 0 aliphatic carbocycles. The largest absolute Gasteiger partial charge is 0.377 e. The summed E-state index contributed by atoms with van der Waals surface area (Å²) in [6, 6.07) is 3.85. The standard InChI is InChI=1S/C13H18BrFN2O3S/c14-10-1-2-13(12(15)9-10)21(18,19)17-7-8-20-11-3-5-16-6-4-11/h1-2,9,11,16-17H,3-8H2. The van der Waals surface area contributed by atoms with Gasteiger partial charge in [-0.2, -0.15) is 0 Å². The number of nitrogens with one attached hydrogen (secondary N) is 2. The van der Waals surface area contributed by atoms with E-state index in [4.69, 9.17) is 4.74 Å². The molecular formula is C13H18BrFN2O3S. The lowest BCUT2D eigenvalue weighted by atomic mass is 10.1. The molecule has 1 saturated heterocycles. The Bertz CT molecular complexity index is 577. The van der Waals surface area contributed by atoms with Crippen molar-refractivity contribution in [3.63, 3.8) is 0 Å². The fourth-order valence-electron chi connectivity index (χ4n) is 2.13. The maximum absolute atomic E-state index is 13.7. The van der Waals surface area contributed by atoms with E-state index in [-0.39, 0.29) is 24.2 Å². The van der Waals surface area contributed by atoms with Gasteiger partial charge in [0.05, 0.1) is 12.7 Å². The molecule has 21 heavy (non-hydrogen) atoms. The molecule has 8 heteroatoms. The second-order valence-corrected chi connectivity index (χ2v) is 7.44. The third-order valence-electron chi connectivity index (χ3n) is 3.22. The van der Waals surface area contributed by atoms with Crippen LogP contribution in [0.15, 0.2) is 27.6 Å². The normalized spacial score (nSPS) is 17.0. The van der Waals surface area contributed by atoms with Crippen molar-refractivity contribution in [2.75, 3.05) is 26.2 Å². The summed E-state index contributed by atoms with van der Waals surface area (Å²) in [6.45, 7) is 2.24. The minimum absolute atomic E-state index is 0.127. The topological polar surface area (TPSA) is 67.4 Å². The fourth-order valence-corrected chi connectivity index (χ4v) is 3.54. The molecule has 1 heterocycles. The molecule has 1 aliphatic heterocycles. The Morgan fingerprint density at radius 2 is 2.10 bits per heavy atom. The van der Waals surface area contributed by atoms with E-state index in [0.29, 0.717) is 4.47 Å². The predicted octanol–water partition coefficient (Wildman–Crippen LogP) is 1.64. The lowest BCUT2D eigenvalue weighted by Crippen LogP contribution is -2.35. The summed E-state index contributed by atoms with van der Waals surface area (Å²) in [6.07, 6.45) is 2.02. The van der Waals surface area contributed by atoms with Crippen LogP contribution in [0.25, 0.3) is 0 Å². The zero-order chi connectivity index (χ0) is 15.3. The summed E-state index contributed by atoms with van der Waals surface area (Å²) in [5.41, 5.74) is 0. The molecule has 0 atom stereocenters. The molecule has 118 valence electrons. The first kappa shape index (κ1) is 16.8. The molecule has 0 saturated carbocycles. The number of ether oxygens (including phenoxy) is 1. The molecule has 1 aromatic carbocycles. The molecule has 0 radical (unpaired) electrons. The molecule has 5 nitrogen and oxygen atoms in total. The van der Waals surface area contributed by atoms with Gasteiger partial charge in [0.25, 0.3) is 0 Å². The number of hydrogen-bond acceptors (Lipinski definition) is 4. The lowest BCUT2D eigenvalue weighted by Gasteiger charge is -2.22. The predicted molar refractivity (Wildman–Crippen MR) is 81.1 cm³/mol. The van der Waals surface area contributed by atoms with Crippen LogP contribution < -0.4 is 10.0 Å². The van der Waals surface area contributed by atoms with Gasteiger partial charge in [0, 0.05) is 11.0 Å². The average Bonchev–Trinajstić information content (AvgIpc) is 2.44. The quantitative estimate of drug-likeness (QED) is 0.736. The molecule has 0 bridgehead atoms. The first-order valence-electron chi connectivity index (χ1n) is 6.76. The van der Waals surface area contributed by atoms with E-state index >= 15 is 0 Å². The van der Waals surface area contributed by atoms with Crippen LogP contribution >= 0.6 is 15.9 Å². The molecule has 0 unspecified atom stereocenters. The van der Waals surface area contributed by atoms with Crippen LogP contribution in [0.1, 0.15) is 12.8 Å². The van der Waals surface area contributed by atoms with Crippen LogP contribution in [-0.4, -0.2) is 40.8 Å². The van der Waals surface area contributed by atoms with Crippen molar-refractivity contribution in [1.29, 1.82) is 0 Å². The van der Waals surface area contributed by atoms with Crippen molar-refractivity contribution in [2.45, 2.75) is 23.8 Å². The van der Waals surface area contributed by atoms with E-state index in [1.807, 2.05) is 0 Å². The van der Waals surface area contributed by atoms with Gasteiger partial charge >= 0.3 is 0 Å². The Labute approximate surface area is 132 Å². The van der Waals surface area contributed by atoms with E-state index in [0.717, 1.165) is 32.0 Å². The minimum atomic E-state index is -3.85. The monoisotopic (exact) mass is 380 g/mol. The number of sulfonamides is 1. The summed E-state index contributed by atoms with van der Waals surface area (Å²) in [5, 5.41) is 3.22. The van der Waals surface area contributed by atoms with Gasteiger partial charge < -0.3 is 10.1 Å². The summed E-state index contributed by atoms with van der Waals surface area (Å²) < 4.78 is 46.1.